The zero-order chi connectivity index (χ0) is 13.4. The average molecular weight is 258 g/mol. The second-order valence-corrected chi connectivity index (χ2v) is 3.99. The van der Waals surface area contributed by atoms with Gasteiger partial charge in [0.25, 0.3) is 0 Å². The molecule has 0 atom stereocenters. The molecule has 3 rings (SSSR count). The molecule has 0 unspecified atom stereocenters. The third kappa shape index (κ3) is 1.74. The lowest BCUT2D eigenvalue weighted by molar-refractivity contribution is 0.0697. The number of carbonyl (C=O) groups is 1. The third-order valence-corrected chi connectivity index (χ3v) is 2.93. The molecule has 0 aliphatic carbocycles. The van der Waals surface area contributed by atoms with Gasteiger partial charge in [0.05, 0.1) is 13.3 Å². The van der Waals surface area contributed by atoms with Crippen molar-refractivity contribution in [3.8, 4) is 17.1 Å². The molecular weight excluding hydrogens is 248 g/mol. The van der Waals surface area contributed by atoms with E-state index < -0.39 is 5.97 Å². The van der Waals surface area contributed by atoms with E-state index in [9.17, 15) is 4.79 Å². The van der Waals surface area contributed by atoms with Crippen LogP contribution in [0.3, 0.4) is 0 Å². The molecule has 0 radical (unpaired) electrons. The van der Waals surface area contributed by atoms with Gasteiger partial charge in [-0.05, 0) is 18.2 Å². The average Bonchev–Trinajstić information content (AvgIpc) is 3.03. The summed E-state index contributed by atoms with van der Waals surface area (Å²) in [5.74, 6) is -0.162. The predicted octanol–water partition coefficient (Wildman–Crippen LogP) is 2.53. The molecule has 3 aromatic rings. The maximum Gasteiger partial charge on any atom is 0.341 e. The van der Waals surface area contributed by atoms with Crippen molar-refractivity contribution in [2.24, 2.45) is 0 Å². The number of ether oxygens (including phenoxy) is 1. The monoisotopic (exact) mass is 258 g/mol. The number of hydrogen-bond donors (Lipinski definition) is 2. The first-order valence-corrected chi connectivity index (χ1v) is 5.54. The number of aromatic carboxylic acids is 1. The quantitative estimate of drug-likeness (QED) is 0.753. The van der Waals surface area contributed by atoms with Crippen LogP contribution in [-0.4, -0.2) is 28.3 Å². The summed E-state index contributed by atoms with van der Waals surface area (Å²) in [6, 6.07) is 5.49. The van der Waals surface area contributed by atoms with E-state index in [1.165, 1.54) is 6.20 Å². The van der Waals surface area contributed by atoms with Gasteiger partial charge in [-0.1, -0.05) is 5.16 Å². The highest BCUT2D eigenvalue weighted by Crippen LogP contribution is 2.33. The van der Waals surface area contributed by atoms with Crippen LogP contribution in [0.5, 0.6) is 5.75 Å². The van der Waals surface area contributed by atoms with Crippen molar-refractivity contribution in [3.05, 3.63) is 36.2 Å². The number of methoxy groups -OCH3 is 1. The predicted molar refractivity (Wildman–Crippen MR) is 67.3 cm³/mol. The van der Waals surface area contributed by atoms with Crippen LogP contribution in [0.2, 0.25) is 0 Å². The zero-order valence-electron chi connectivity index (χ0n) is 10.0. The minimum atomic E-state index is -1.08. The lowest BCUT2D eigenvalue weighted by Gasteiger charge is -2.00. The number of hydrogen-bond acceptors (Lipinski definition) is 4. The van der Waals surface area contributed by atoms with E-state index >= 15 is 0 Å². The van der Waals surface area contributed by atoms with Gasteiger partial charge in [-0.2, -0.15) is 0 Å². The summed E-state index contributed by atoms with van der Waals surface area (Å²) in [5.41, 5.74) is 1.54. The van der Waals surface area contributed by atoms with Crippen LogP contribution in [0.25, 0.3) is 22.2 Å². The largest absolute Gasteiger partial charge is 0.497 e. The fourth-order valence-corrected chi connectivity index (χ4v) is 2.00. The molecule has 2 heterocycles. The Morgan fingerprint density at radius 3 is 3.05 bits per heavy atom. The second-order valence-electron chi connectivity index (χ2n) is 3.99. The molecule has 2 aromatic heterocycles. The third-order valence-electron chi connectivity index (χ3n) is 2.93. The van der Waals surface area contributed by atoms with E-state index in [0.717, 1.165) is 10.9 Å². The standard InChI is InChI=1S/C13H10N2O4/c1-18-7-2-3-11-8(4-7)9(5-14-11)12-10(13(16)17)6-15-19-12/h2-6,14H,1H3,(H,16,17). The van der Waals surface area contributed by atoms with Crippen molar-refractivity contribution >= 4 is 16.9 Å². The van der Waals surface area contributed by atoms with E-state index in [2.05, 4.69) is 10.1 Å². The Kier molecular flexibility index (Phi) is 2.49. The second kappa shape index (κ2) is 4.16. The molecule has 0 aliphatic heterocycles. The van der Waals surface area contributed by atoms with Gasteiger partial charge in [-0.15, -0.1) is 0 Å². The summed E-state index contributed by atoms with van der Waals surface area (Å²) in [5, 5.41) is 13.5. The van der Waals surface area contributed by atoms with E-state index in [4.69, 9.17) is 14.4 Å². The Labute approximate surface area is 107 Å². The molecule has 0 saturated heterocycles. The number of carboxylic acid groups (broad SMARTS) is 1. The van der Waals surface area contributed by atoms with E-state index in [1.807, 2.05) is 18.2 Å². The zero-order valence-corrected chi connectivity index (χ0v) is 10.0. The number of fused-ring (bicyclic) bond motifs is 1. The van der Waals surface area contributed by atoms with Crippen molar-refractivity contribution < 1.29 is 19.2 Å². The normalized spacial score (nSPS) is 10.8. The fraction of sp³-hybridized carbons (Fsp3) is 0.0769. The first kappa shape index (κ1) is 11.3. The molecule has 6 heteroatoms. The van der Waals surface area contributed by atoms with E-state index in [0.29, 0.717) is 11.3 Å². The lowest BCUT2D eigenvalue weighted by Crippen LogP contribution is -1.95. The highest BCUT2D eigenvalue weighted by atomic mass is 16.5. The Bertz CT molecular complexity index is 757. The fourth-order valence-electron chi connectivity index (χ4n) is 2.00. The van der Waals surface area contributed by atoms with Gasteiger partial charge in [0.2, 0.25) is 0 Å². The number of nitrogens with one attached hydrogen (secondary N) is 1. The molecule has 1 aromatic carbocycles. The first-order valence-electron chi connectivity index (χ1n) is 5.54. The topological polar surface area (TPSA) is 88.4 Å². The van der Waals surface area contributed by atoms with Gasteiger partial charge in [0.1, 0.15) is 11.3 Å². The Morgan fingerprint density at radius 1 is 1.47 bits per heavy atom. The first-order chi connectivity index (χ1) is 9.20. The number of nitrogens with zero attached hydrogens (tertiary/aromatic N) is 1. The number of benzene rings is 1. The van der Waals surface area contributed by atoms with Crippen molar-refractivity contribution in [1.29, 1.82) is 0 Å². The smallest absolute Gasteiger partial charge is 0.341 e. The molecule has 6 nitrogen and oxygen atoms in total. The van der Waals surface area contributed by atoms with Gasteiger partial charge in [-0.25, -0.2) is 4.79 Å². The van der Waals surface area contributed by atoms with Gasteiger partial charge < -0.3 is 19.4 Å². The van der Waals surface area contributed by atoms with Crippen LogP contribution in [-0.2, 0) is 0 Å². The maximum absolute atomic E-state index is 11.1. The van der Waals surface area contributed by atoms with Crippen LogP contribution < -0.4 is 4.74 Å². The molecule has 0 saturated carbocycles. The van der Waals surface area contributed by atoms with Crippen LogP contribution in [0.15, 0.2) is 35.1 Å². The summed E-state index contributed by atoms with van der Waals surface area (Å²) in [6.07, 6.45) is 2.88. The molecule has 0 fully saturated rings. The maximum atomic E-state index is 11.1. The van der Waals surface area contributed by atoms with Gasteiger partial charge >= 0.3 is 5.97 Å². The molecule has 2 N–H and O–H groups in total. The van der Waals surface area contributed by atoms with Crippen molar-refractivity contribution in [2.45, 2.75) is 0 Å². The minimum Gasteiger partial charge on any atom is -0.497 e. The Hall–Kier alpha value is -2.76. The van der Waals surface area contributed by atoms with Crippen LogP contribution in [0.1, 0.15) is 10.4 Å². The highest BCUT2D eigenvalue weighted by Gasteiger charge is 2.19. The molecule has 0 spiro atoms. The number of aromatic amines is 1. The Balaban J connectivity index is 2.24. The highest BCUT2D eigenvalue weighted by molar-refractivity contribution is 6.01. The number of H-pyrrole nitrogens is 1. The van der Waals surface area contributed by atoms with Gasteiger partial charge in [-0.3, -0.25) is 0 Å². The summed E-state index contributed by atoms with van der Waals surface area (Å²) in [4.78, 5) is 14.2. The summed E-state index contributed by atoms with van der Waals surface area (Å²) in [7, 11) is 1.57. The number of carboxylic acids is 1. The Morgan fingerprint density at radius 2 is 2.32 bits per heavy atom. The van der Waals surface area contributed by atoms with Crippen LogP contribution in [0.4, 0.5) is 0 Å². The minimum absolute atomic E-state index is 0.0312. The summed E-state index contributed by atoms with van der Waals surface area (Å²) in [6.45, 7) is 0. The number of aromatic nitrogens is 2. The molecule has 0 bridgehead atoms. The van der Waals surface area contributed by atoms with Crippen molar-refractivity contribution in [2.75, 3.05) is 7.11 Å². The van der Waals surface area contributed by atoms with Gasteiger partial charge in [0, 0.05) is 22.7 Å². The summed E-state index contributed by atoms with van der Waals surface area (Å²) >= 11 is 0. The van der Waals surface area contributed by atoms with Crippen LogP contribution in [0, 0.1) is 0 Å². The molecular formula is C13H10N2O4. The SMILES string of the molecule is COc1ccc2[nH]cc(-c3oncc3C(=O)O)c2c1. The molecule has 0 amide bonds. The van der Waals surface area contributed by atoms with Crippen LogP contribution >= 0.6 is 0 Å². The van der Waals surface area contributed by atoms with Gasteiger partial charge in [0.15, 0.2) is 5.76 Å². The number of rotatable bonds is 3. The molecule has 19 heavy (non-hydrogen) atoms. The van der Waals surface area contributed by atoms with E-state index in [-0.39, 0.29) is 11.3 Å². The van der Waals surface area contributed by atoms with E-state index in [1.54, 1.807) is 13.3 Å². The summed E-state index contributed by atoms with van der Waals surface area (Å²) < 4.78 is 10.2. The molecule has 0 aliphatic rings. The van der Waals surface area contributed by atoms with Crippen molar-refractivity contribution in [3.63, 3.8) is 0 Å². The molecule has 96 valence electrons. The lowest BCUT2D eigenvalue weighted by atomic mass is 10.1. The van der Waals surface area contributed by atoms with Crippen molar-refractivity contribution in [1.82, 2.24) is 10.1 Å².